The third kappa shape index (κ3) is 23.8. The summed E-state index contributed by atoms with van der Waals surface area (Å²) in [6.45, 7) is 24.6. The van der Waals surface area contributed by atoms with Crippen molar-refractivity contribution >= 4 is 35.8 Å². The van der Waals surface area contributed by atoms with Crippen molar-refractivity contribution in [3.05, 3.63) is 129 Å². The molecule has 3 rings (SSSR count). The van der Waals surface area contributed by atoms with E-state index in [9.17, 15) is 28.8 Å². The maximum absolute atomic E-state index is 12.0. The Balaban J connectivity index is 0.000000478. The summed E-state index contributed by atoms with van der Waals surface area (Å²) in [6, 6.07) is 19.1. The lowest BCUT2D eigenvalue weighted by Crippen LogP contribution is -2.23. The second kappa shape index (κ2) is 31.0. The van der Waals surface area contributed by atoms with Gasteiger partial charge in [0.15, 0.2) is 0 Å². The van der Waals surface area contributed by atoms with Crippen molar-refractivity contribution < 1.29 is 57.2 Å². The third-order valence-corrected chi connectivity index (χ3v) is 11.0. The molecule has 0 aliphatic carbocycles. The fourth-order valence-electron chi connectivity index (χ4n) is 6.48. The number of unbranched alkanes of at least 4 members (excludes halogenated alkanes) is 1. The molecule has 0 bridgehead atoms. The zero-order valence-electron chi connectivity index (χ0n) is 41.5. The van der Waals surface area contributed by atoms with Gasteiger partial charge in [0.1, 0.15) is 25.4 Å². The highest BCUT2D eigenvalue weighted by Crippen LogP contribution is 2.23. The van der Waals surface area contributed by atoms with E-state index >= 15 is 0 Å². The molecule has 2 unspecified atom stereocenters. The van der Waals surface area contributed by atoms with Gasteiger partial charge < -0.3 is 28.4 Å². The maximum atomic E-state index is 12.0. The number of carbonyl (C=O) groups excluding carboxylic acids is 6. The Morgan fingerprint density at radius 1 is 0.493 bits per heavy atom. The quantitative estimate of drug-likeness (QED) is 0.0406. The van der Waals surface area contributed by atoms with Crippen molar-refractivity contribution in [2.45, 2.75) is 152 Å². The first-order valence-electron chi connectivity index (χ1n) is 23.4. The van der Waals surface area contributed by atoms with Crippen molar-refractivity contribution in [1.29, 1.82) is 0 Å². The van der Waals surface area contributed by atoms with Gasteiger partial charge in [-0.2, -0.15) is 0 Å². The van der Waals surface area contributed by atoms with Crippen molar-refractivity contribution in [3.63, 3.8) is 0 Å². The number of ether oxygens (including phenoxy) is 6. The van der Waals surface area contributed by atoms with Crippen LogP contribution in [0.15, 0.2) is 78.9 Å². The number of hydrogen-bond acceptors (Lipinski definition) is 12. The summed E-state index contributed by atoms with van der Waals surface area (Å²) in [6.07, 6.45) is 6.43. The van der Waals surface area contributed by atoms with Crippen molar-refractivity contribution in [1.82, 2.24) is 0 Å². The average molecular weight is 927 g/mol. The van der Waals surface area contributed by atoms with E-state index in [0.717, 1.165) is 36.8 Å². The molecule has 366 valence electrons. The Morgan fingerprint density at radius 2 is 0.851 bits per heavy atom. The topological polar surface area (TPSA) is 158 Å². The molecule has 0 aromatic heterocycles. The van der Waals surface area contributed by atoms with E-state index in [2.05, 4.69) is 102 Å². The molecule has 0 spiro atoms. The highest BCUT2D eigenvalue weighted by atomic mass is 16.6. The number of benzene rings is 3. The number of aryl methyl sites for hydroxylation is 4. The highest BCUT2D eigenvalue weighted by molar-refractivity contribution is 5.87. The maximum Gasteiger partial charge on any atom is 0.333 e. The van der Waals surface area contributed by atoms with Crippen LogP contribution in [0.5, 0.6) is 0 Å². The number of rotatable bonds is 27. The minimum absolute atomic E-state index is 0.0469. The summed E-state index contributed by atoms with van der Waals surface area (Å²) in [5.74, 6) is -3.04. The highest BCUT2D eigenvalue weighted by Gasteiger charge is 2.16. The summed E-state index contributed by atoms with van der Waals surface area (Å²) >= 11 is 0. The Morgan fingerprint density at radius 3 is 1.22 bits per heavy atom. The van der Waals surface area contributed by atoms with Crippen molar-refractivity contribution in [2.24, 2.45) is 0 Å². The first-order valence-corrected chi connectivity index (χ1v) is 23.4. The number of hydrogen-bond donors (Lipinski definition) is 0. The normalized spacial score (nSPS) is 11.5. The first kappa shape index (κ1) is 57.1. The average Bonchev–Trinajstić information content (AvgIpc) is 3.30. The van der Waals surface area contributed by atoms with Gasteiger partial charge in [-0.3, -0.25) is 19.2 Å². The van der Waals surface area contributed by atoms with Crippen LogP contribution < -0.4 is 0 Å². The van der Waals surface area contributed by atoms with E-state index < -0.39 is 48.0 Å². The lowest BCUT2D eigenvalue weighted by Gasteiger charge is -2.14. The van der Waals surface area contributed by atoms with Crippen LogP contribution in [0.1, 0.15) is 130 Å². The molecule has 3 aromatic rings. The molecule has 67 heavy (non-hydrogen) atoms. The molecule has 0 radical (unpaired) electrons. The molecule has 3 aromatic carbocycles. The van der Waals surface area contributed by atoms with Crippen molar-refractivity contribution in [3.8, 4) is 0 Å². The van der Waals surface area contributed by atoms with E-state index in [1.807, 2.05) is 0 Å². The minimum atomic E-state index is -0.590. The molecular formula is C55H74O12. The van der Waals surface area contributed by atoms with E-state index in [1.165, 1.54) is 58.7 Å². The van der Waals surface area contributed by atoms with Crippen LogP contribution in [-0.2, 0) is 89.3 Å². The molecule has 0 aliphatic heterocycles. The molecule has 0 N–H and O–H groups in total. The predicted octanol–water partition coefficient (Wildman–Crippen LogP) is 9.96. The van der Waals surface area contributed by atoms with Gasteiger partial charge in [-0.25, -0.2) is 9.59 Å². The predicted molar refractivity (Wildman–Crippen MR) is 259 cm³/mol. The molecule has 0 amide bonds. The Labute approximate surface area is 398 Å². The van der Waals surface area contributed by atoms with Crippen LogP contribution in [0, 0.1) is 27.7 Å². The number of carbonyl (C=O) groups is 6. The van der Waals surface area contributed by atoms with Crippen LogP contribution in [0.3, 0.4) is 0 Å². The minimum Gasteiger partial charge on any atom is -0.465 e. The van der Waals surface area contributed by atoms with Gasteiger partial charge in [0, 0.05) is 24.0 Å². The lowest BCUT2D eigenvalue weighted by atomic mass is 9.91. The van der Waals surface area contributed by atoms with E-state index in [-0.39, 0.29) is 63.3 Å². The first-order chi connectivity index (χ1) is 31.8. The van der Waals surface area contributed by atoms with Gasteiger partial charge in [0.05, 0.1) is 38.9 Å². The van der Waals surface area contributed by atoms with E-state index in [0.29, 0.717) is 12.8 Å². The van der Waals surface area contributed by atoms with Gasteiger partial charge in [-0.15, -0.1) is 0 Å². The lowest BCUT2D eigenvalue weighted by molar-refractivity contribution is -0.156. The number of esters is 6. The van der Waals surface area contributed by atoms with Gasteiger partial charge in [-0.05, 0) is 138 Å². The fourth-order valence-corrected chi connectivity index (χ4v) is 6.48. The van der Waals surface area contributed by atoms with Gasteiger partial charge >= 0.3 is 35.8 Å². The van der Waals surface area contributed by atoms with Crippen LogP contribution in [0.2, 0.25) is 0 Å². The molecular weight excluding hydrogens is 853 g/mol. The summed E-state index contributed by atoms with van der Waals surface area (Å²) in [4.78, 5) is 70.0. The Hall–Kier alpha value is -6.04. The van der Waals surface area contributed by atoms with Crippen LogP contribution in [0.4, 0.5) is 0 Å². The molecule has 0 aliphatic rings. The van der Waals surface area contributed by atoms with Crippen LogP contribution in [-0.4, -0.2) is 74.5 Å². The smallest absolute Gasteiger partial charge is 0.333 e. The zero-order valence-corrected chi connectivity index (χ0v) is 41.5. The summed E-state index contributed by atoms with van der Waals surface area (Å²) < 4.78 is 30.5. The van der Waals surface area contributed by atoms with E-state index in [4.69, 9.17) is 28.4 Å². The van der Waals surface area contributed by atoms with Crippen LogP contribution >= 0.6 is 0 Å². The fraction of sp³-hybridized carbons (Fsp3) is 0.491. The molecule has 12 nitrogen and oxygen atoms in total. The van der Waals surface area contributed by atoms with Gasteiger partial charge in [-0.1, -0.05) is 81.1 Å². The van der Waals surface area contributed by atoms with E-state index in [1.54, 1.807) is 20.8 Å². The second-order valence-corrected chi connectivity index (χ2v) is 17.1. The Bertz CT molecular complexity index is 2100. The van der Waals surface area contributed by atoms with Crippen molar-refractivity contribution in [2.75, 3.05) is 26.4 Å². The molecule has 0 saturated carbocycles. The van der Waals surface area contributed by atoms with Gasteiger partial charge in [0.25, 0.3) is 0 Å². The zero-order chi connectivity index (χ0) is 49.9. The van der Waals surface area contributed by atoms with Gasteiger partial charge in [0.2, 0.25) is 0 Å². The molecule has 2 atom stereocenters. The summed E-state index contributed by atoms with van der Waals surface area (Å²) in [5.41, 5.74) is 12.4. The SMILES string of the molecule is C=C(C)C(=O)OC(C)COC(=O)CCC(=O)OCCc1ccc(CCCC)cc1.C=C(C)C(=O)OC(C)COC(=O)CCC(=O)OCCc1ccc(CCCc2cc(C)c(C)c(C)c2C)cc1. The molecule has 0 heterocycles. The third-order valence-electron chi connectivity index (χ3n) is 11.0. The monoisotopic (exact) mass is 927 g/mol. The standard InChI is InChI=1S/C32H42O6.C23H32O6/c1-21(2)32(35)38-23(4)20-37-31(34)16-15-30(33)36-18-17-28-13-11-27(12-14-28)9-8-10-29-19-22(3)24(5)25(6)26(29)7;1-5-6-7-19-8-10-20(11-9-19)14-15-27-21(24)12-13-22(25)28-16-18(4)29-23(26)17(2)3/h11-14,19,23H,1,8-10,15-18,20H2,2-7H3;8-11,18H,2,5-7,12-16H2,1,3-4H3. The van der Waals surface area contributed by atoms with Crippen LogP contribution in [0.25, 0.3) is 0 Å². The molecule has 0 fully saturated rings. The summed E-state index contributed by atoms with van der Waals surface area (Å²) in [7, 11) is 0. The molecule has 12 heteroatoms. The Kier molecular flexibility index (Phi) is 26.4. The second-order valence-electron chi connectivity index (χ2n) is 17.1. The summed E-state index contributed by atoms with van der Waals surface area (Å²) in [5, 5.41) is 0. The molecule has 0 saturated heterocycles. The largest absolute Gasteiger partial charge is 0.465 e.